The maximum Gasteiger partial charge on any atom is 0.220 e. The first-order chi connectivity index (χ1) is 5.80. The Morgan fingerprint density at radius 3 is 2.08 bits per heavy atom. The Kier molecular flexibility index (Phi) is 2.57. The van der Waals surface area contributed by atoms with Crippen molar-refractivity contribution in [1.29, 1.82) is 5.41 Å². The van der Waals surface area contributed by atoms with Crippen LogP contribution >= 0.6 is 0 Å². The van der Waals surface area contributed by atoms with Crippen molar-refractivity contribution in [2.45, 2.75) is 0 Å². The van der Waals surface area contributed by atoms with Gasteiger partial charge in [0.15, 0.2) is 5.82 Å². The molecule has 0 atom stereocenters. The van der Waals surface area contributed by atoms with Crippen LogP contribution in [0.25, 0.3) is 0 Å². The van der Waals surface area contributed by atoms with Gasteiger partial charge in [0.1, 0.15) is 0 Å². The Hall–Kier alpha value is -1.65. The maximum atomic E-state index is 6.93. The first-order valence-corrected chi connectivity index (χ1v) is 3.27. The highest BCUT2D eigenvalue weighted by Gasteiger charge is 2.01. The maximum absolute atomic E-state index is 6.93. The van der Waals surface area contributed by atoms with Gasteiger partial charge in [0, 0.05) is 0 Å². The molecule has 0 fully saturated rings. The molecule has 12 heavy (non-hydrogen) atoms. The average Bonchev–Trinajstić information content (AvgIpc) is 2.16. The lowest BCUT2D eigenvalue weighted by molar-refractivity contribution is 0.371. The Labute approximate surface area is 69.9 Å². The van der Waals surface area contributed by atoms with Crippen LogP contribution in [0.5, 0.6) is 11.8 Å². The third-order valence-corrected chi connectivity index (χ3v) is 1.24. The number of hydrogen-bond acceptors (Lipinski definition) is 5. The molecule has 1 rings (SSSR count). The number of nitrogens with one attached hydrogen (secondary N) is 1. The summed E-state index contributed by atoms with van der Waals surface area (Å²) < 4.78 is 9.73. The lowest BCUT2D eigenvalue weighted by atomic mass is 10.5. The van der Waals surface area contributed by atoms with Crippen LogP contribution in [0.4, 0.5) is 0 Å². The van der Waals surface area contributed by atoms with E-state index in [-0.39, 0.29) is 5.82 Å². The van der Waals surface area contributed by atoms with Crippen molar-refractivity contribution in [3.05, 3.63) is 11.9 Å². The van der Waals surface area contributed by atoms with Gasteiger partial charge in [-0.2, -0.15) is 9.97 Å². The molecule has 1 N–H and O–H groups in total. The Morgan fingerprint density at radius 2 is 1.75 bits per heavy atom. The van der Waals surface area contributed by atoms with Crippen LogP contribution in [0.3, 0.4) is 0 Å². The fourth-order valence-electron chi connectivity index (χ4n) is 0.695. The van der Waals surface area contributed by atoms with E-state index < -0.39 is 0 Å². The zero-order valence-electron chi connectivity index (χ0n) is 6.87. The van der Waals surface area contributed by atoms with Crippen LogP contribution in [0.1, 0.15) is 5.82 Å². The summed E-state index contributed by atoms with van der Waals surface area (Å²) in [5, 5.41) is 6.93. The molecular formula is C7H9N3O2. The molecule has 0 radical (unpaired) electrons. The van der Waals surface area contributed by atoms with Crippen LogP contribution in [-0.4, -0.2) is 30.4 Å². The summed E-state index contributed by atoms with van der Waals surface area (Å²) in [4.78, 5) is 7.72. The average molecular weight is 167 g/mol. The minimum atomic E-state index is 0.270. The molecule has 0 aliphatic heterocycles. The molecule has 0 aromatic carbocycles. The van der Waals surface area contributed by atoms with E-state index in [1.807, 2.05) is 0 Å². The number of methoxy groups -OCH3 is 2. The quantitative estimate of drug-likeness (QED) is 0.665. The molecule has 0 aliphatic carbocycles. The van der Waals surface area contributed by atoms with E-state index in [2.05, 4.69) is 9.97 Å². The first-order valence-electron chi connectivity index (χ1n) is 3.27. The van der Waals surface area contributed by atoms with Gasteiger partial charge in [-0.3, -0.25) is 0 Å². The van der Waals surface area contributed by atoms with E-state index in [4.69, 9.17) is 14.9 Å². The van der Waals surface area contributed by atoms with Crippen molar-refractivity contribution in [2.75, 3.05) is 14.2 Å². The standard InChI is InChI=1S/C7H9N3O2/c1-11-6-3-7(12-2)10-5(4-8)9-6/h3-4,8H,1-2H3. The summed E-state index contributed by atoms with van der Waals surface area (Å²) in [6, 6.07) is 1.55. The molecule has 5 heteroatoms. The summed E-state index contributed by atoms with van der Waals surface area (Å²) in [5.74, 6) is 1.05. The van der Waals surface area contributed by atoms with Crippen LogP contribution in [0, 0.1) is 5.41 Å². The summed E-state index contributed by atoms with van der Waals surface area (Å²) in [6.45, 7) is 0. The van der Waals surface area contributed by atoms with Crippen LogP contribution in [0.15, 0.2) is 6.07 Å². The number of hydrogen-bond donors (Lipinski definition) is 1. The second-order valence-electron chi connectivity index (χ2n) is 1.96. The van der Waals surface area contributed by atoms with Gasteiger partial charge in [-0.1, -0.05) is 0 Å². The Balaban J connectivity index is 3.09. The van der Waals surface area contributed by atoms with Crippen molar-refractivity contribution in [1.82, 2.24) is 9.97 Å². The van der Waals surface area contributed by atoms with Gasteiger partial charge in [-0.05, 0) is 0 Å². The third kappa shape index (κ3) is 1.69. The van der Waals surface area contributed by atoms with E-state index >= 15 is 0 Å². The van der Waals surface area contributed by atoms with Gasteiger partial charge < -0.3 is 14.9 Å². The predicted molar refractivity (Wildman–Crippen MR) is 43.0 cm³/mol. The van der Waals surface area contributed by atoms with Crippen molar-refractivity contribution >= 4 is 6.21 Å². The lowest BCUT2D eigenvalue weighted by Crippen LogP contribution is -1.98. The van der Waals surface area contributed by atoms with Gasteiger partial charge in [-0.25, -0.2) is 0 Å². The van der Waals surface area contributed by atoms with E-state index in [1.54, 1.807) is 6.07 Å². The molecule has 0 unspecified atom stereocenters. The second-order valence-corrected chi connectivity index (χ2v) is 1.96. The molecule has 0 bridgehead atoms. The number of rotatable bonds is 3. The summed E-state index contributed by atoms with van der Waals surface area (Å²) in [7, 11) is 2.99. The topological polar surface area (TPSA) is 68.1 Å². The van der Waals surface area contributed by atoms with Gasteiger partial charge in [-0.15, -0.1) is 0 Å². The monoisotopic (exact) mass is 167 g/mol. The summed E-state index contributed by atoms with van der Waals surface area (Å²) >= 11 is 0. The first kappa shape index (κ1) is 8.45. The zero-order valence-corrected chi connectivity index (χ0v) is 6.87. The number of ether oxygens (including phenoxy) is 2. The minimum Gasteiger partial charge on any atom is -0.481 e. The zero-order chi connectivity index (χ0) is 8.97. The lowest BCUT2D eigenvalue weighted by Gasteiger charge is -2.02. The van der Waals surface area contributed by atoms with Gasteiger partial charge in [0.05, 0.1) is 26.5 Å². The summed E-state index contributed by atoms with van der Waals surface area (Å²) in [5.41, 5.74) is 0. The molecule has 0 saturated carbocycles. The van der Waals surface area contributed by atoms with Crippen LogP contribution < -0.4 is 9.47 Å². The minimum absolute atomic E-state index is 0.270. The predicted octanol–water partition coefficient (Wildman–Crippen LogP) is 0.491. The molecule has 1 aromatic rings. The fraction of sp³-hybridized carbons (Fsp3) is 0.286. The van der Waals surface area contributed by atoms with Crippen molar-refractivity contribution < 1.29 is 9.47 Å². The van der Waals surface area contributed by atoms with E-state index in [0.29, 0.717) is 11.8 Å². The second kappa shape index (κ2) is 3.66. The molecule has 0 amide bonds. The highest BCUT2D eigenvalue weighted by atomic mass is 16.5. The third-order valence-electron chi connectivity index (χ3n) is 1.24. The normalized spacial score (nSPS) is 9.17. The highest BCUT2D eigenvalue weighted by molar-refractivity contribution is 5.71. The van der Waals surface area contributed by atoms with Crippen molar-refractivity contribution in [3.63, 3.8) is 0 Å². The summed E-state index contributed by atoms with van der Waals surface area (Å²) in [6.07, 6.45) is 1.03. The van der Waals surface area contributed by atoms with Crippen molar-refractivity contribution in [3.8, 4) is 11.8 Å². The van der Waals surface area contributed by atoms with Gasteiger partial charge in [0.2, 0.25) is 11.8 Å². The molecular weight excluding hydrogens is 158 g/mol. The molecule has 0 aliphatic rings. The van der Waals surface area contributed by atoms with Crippen LogP contribution in [0.2, 0.25) is 0 Å². The molecule has 0 spiro atoms. The SMILES string of the molecule is COc1cc(OC)nc(C=N)n1. The number of nitrogens with zero attached hydrogens (tertiary/aromatic N) is 2. The highest BCUT2D eigenvalue weighted by Crippen LogP contribution is 2.13. The molecule has 1 aromatic heterocycles. The van der Waals surface area contributed by atoms with E-state index in [9.17, 15) is 0 Å². The smallest absolute Gasteiger partial charge is 0.220 e. The largest absolute Gasteiger partial charge is 0.481 e. The molecule has 1 heterocycles. The van der Waals surface area contributed by atoms with Crippen molar-refractivity contribution in [2.24, 2.45) is 0 Å². The Bertz CT molecular complexity index is 266. The Morgan fingerprint density at radius 1 is 1.25 bits per heavy atom. The fourth-order valence-corrected chi connectivity index (χ4v) is 0.695. The number of aromatic nitrogens is 2. The molecule has 5 nitrogen and oxygen atoms in total. The van der Waals surface area contributed by atoms with Gasteiger partial charge >= 0.3 is 0 Å². The van der Waals surface area contributed by atoms with Crippen LogP contribution in [-0.2, 0) is 0 Å². The van der Waals surface area contributed by atoms with E-state index in [1.165, 1.54) is 14.2 Å². The molecule has 64 valence electrons. The van der Waals surface area contributed by atoms with Gasteiger partial charge in [0.25, 0.3) is 0 Å². The van der Waals surface area contributed by atoms with E-state index in [0.717, 1.165) is 6.21 Å². The molecule has 0 saturated heterocycles.